The van der Waals surface area contributed by atoms with Gasteiger partial charge in [0, 0.05) is 0 Å². The molecule has 3 aromatic carbocycles. The van der Waals surface area contributed by atoms with E-state index in [2.05, 4.69) is 42.5 Å². The summed E-state index contributed by atoms with van der Waals surface area (Å²) in [6.45, 7) is 1.79. The van der Waals surface area contributed by atoms with Crippen LogP contribution in [0, 0.1) is 0 Å². The van der Waals surface area contributed by atoms with Gasteiger partial charge in [-0.2, -0.15) is 0 Å². The molecule has 17 heavy (non-hydrogen) atoms. The van der Waals surface area contributed by atoms with Crippen molar-refractivity contribution in [1.29, 1.82) is 0 Å². The molecule has 1 atom stereocenters. The molecule has 1 nitrogen and oxygen atoms in total. The Balaban J connectivity index is 2.32. The maximum atomic E-state index is 9.60. The zero-order valence-electron chi connectivity index (χ0n) is 9.72. The molecular formula is C16H14O. The lowest BCUT2D eigenvalue weighted by molar-refractivity contribution is 0.199. The lowest BCUT2D eigenvalue weighted by Crippen LogP contribution is -1.90. The van der Waals surface area contributed by atoms with E-state index < -0.39 is 6.10 Å². The highest BCUT2D eigenvalue weighted by atomic mass is 16.3. The number of benzene rings is 3. The third kappa shape index (κ3) is 1.79. The van der Waals surface area contributed by atoms with Crippen molar-refractivity contribution < 1.29 is 5.11 Å². The highest BCUT2D eigenvalue weighted by Crippen LogP contribution is 2.25. The van der Waals surface area contributed by atoms with Crippen LogP contribution in [0.25, 0.3) is 21.5 Å². The average molecular weight is 222 g/mol. The van der Waals surface area contributed by atoms with Gasteiger partial charge >= 0.3 is 0 Å². The first kappa shape index (κ1) is 10.3. The summed E-state index contributed by atoms with van der Waals surface area (Å²) in [6.07, 6.45) is -0.411. The summed E-state index contributed by atoms with van der Waals surface area (Å²) in [5.74, 6) is 0. The Morgan fingerprint density at radius 3 is 2.00 bits per heavy atom. The summed E-state index contributed by atoms with van der Waals surface area (Å²) in [4.78, 5) is 0. The lowest BCUT2D eigenvalue weighted by Gasteiger charge is -2.07. The molecule has 0 amide bonds. The molecule has 3 aromatic rings. The molecule has 1 unspecified atom stereocenters. The fourth-order valence-corrected chi connectivity index (χ4v) is 2.22. The maximum Gasteiger partial charge on any atom is 0.0762 e. The largest absolute Gasteiger partial charge is 0.389 e. The highest BCUT2D eigenvalue weighted by molar-refractivity contribution is 5.98. The van der Waals surface area contributed by atoms with Crippen LogP contribution in [0.2, 0.25) is 0 Å². The van der Waals surface area contributed by atoms with Crippen LogP contribution < -0.4 is 0 Å². The molecule has 0 bridgehead atoms. The molecular weight excluding hydrogens is 208 g/mol. The number of hydrogen-bond acceptors (Lipinski definition) is 1. The summed E-state index contributed by atoms with van der Waals surface area (Å²) < 4.78 is 0. The molecule has 0 aliphatic carbocycles. The molecule has 0 aliphatic rings. The Bertz CT molecular complexity index is 683. The predicted octanol–water partition coefficient (Wildman–Crippen LogP) is 4.05. The number of aliphatic hydroxyl groups excluding tert-OH is 1. The van der Waals surface area contributed by atoms with E-state index in [1.807, 2.05) is 12.1 Å². The molecule has 0 aromatic heterocycles. The first-order valence-corrected chi connectivity index (χ1v) is 5.84. The van der Waals surface area contributed by atoms with E-state index in [9.17, 15) is 5.11 Å². The zero-order chi connectivity index (χ0) is 11.8. The van der Waals surface area contributed by atoms with Crippen molar-refractivity contribution in [3.8, 4) is 0 Å². The van der Waals surface area contributed by atoms with Crippen molar-refractivity contribution in [3.63, 3.8) is 0 Å². The Kier molecular flexibility index (Phi) is 2.34. The molecule has 1 N–H and O–H groups in total. The second kappa shape index (κ2) is 3.86. The van der Waals surface area contributed by atoms with Crippen LogP contribution in [0.15, 0.2) is 54.6 Å². The lowest BCUT2D eigenvalue weighted by atomic mass is 10.0. The molecule has 84 valence electrons. The topological polar surface area (TPSA) is 20.2 Å². The first-order valence-electron chi connectivity index (χ1n) is 5.84. The quantitative estimate of drug-likeness (QED) is 0.616. The Morgan fingerprint density at radius 2 is 1.35 bits per heavy atom. The summed E-state index contributed by atoms with van der Waals surface area (Å²) in [6, 6.07) is 18.8. The fourth-order valence-electron chi connectivity index (χ4n) is 2.22. The van der Waals surface area contributed by atoms with Crippen LogP contribution in [0.5, 0.6) is 0 Å². The van der Waals surface area contributed by atoms with Crippen molar-refractivity contribution in [2.45, 2.75) is 13.0 Å². The van der Waals surface area contributed by atoms with Gasteiger partial charge in [-0.25, -0.2) is 0 Å². The second-order valence-electron chi connectivity index (χ2n) is 4.48. The summed E-state index contributed by atoms with van der Waals surface area (Å²) >= 11 is 0. The van der Waals surface area contributed by atoms with Crippen molar-refractivity contribution >= 4 is 21.5 Å². The van der Waals surface area contributed by atoms with E-state index in [-0.39, 0.29) is 0 Å². The minimum atomic E-state index is -0.411. The standard InChI is InChI=1S/C16H14O/c1-11(17)12-6-7-15-9-13-4-2-3-5-14(13)10-16(15)8-12/h2-11,17H,1H3. The molecule has 0 heterocycles. The number of rotatable bonds is 1. The number of hydrogen-bond donors (Lipinski definition) is 1. The summed E-state index contributed by atoms with van der Waals surface area (Å²) in [5, 5.41) is 14.5. The molecule has 0 spiro atoms. The number of aliphatic hydroxyl groups is 1. The molecule has 0 saturated carbocycles. The van der Waals surface area contributed by atoms with Crippen LogP contribution in [0.4, 0.5) is 0 Å². The minimum Gasteiger partial charge on any atom is -0.389 e. The fraction of sp³-hybridized carbons (Fsp3) is 0.125. The van der Waals surface area contributed by atoms with Crippen LogP contribution in [0.1, 0.15) is 18.6 Å². The van der Waals surface area contributed by atoms with Gasteiger partial charge in [0.05, 0.1) is 6.10 Å². The van der Waals surface area contributed by atoms with E-state index in [0.717, 1.165) is 5.56 Å². The maximum absolute atomic E-state index is 9.60. The Labute approximate surface area is 100 Å². The van der Waals surface area contributed by atoms with E-state index >= 15 is 0 Å². The Morgan fingerprint density at radius 1 is 0.765 bits per heavy atom. The van der Waals surface area contributed by atoms with Crippen molar-refractivity contribution in [1.82, 2.24) is 0 Å². The third-order valence-corrected chi connectivity index (χ3v) is 3.21. The second-order valence-corrected chi connectivity index (χ2v) is 4.48. The van der Waals surface area contributed by atoms with Gasteiger partial charge in [0.25, 0.3) is 0 Å². The van der Waals surface area contributed by atoms with Crippen molar-refractivity contribution in [3.05, 3.63) is 60.2 Å². The highest BCUT2D eigenvalue weighted by Gasteiger charge is 2.03. The first-order chi connectivity index (χ1) is 8.24. The van der Waals surface area contributed by atoms with Gasteiger partial charge in [-0.3, -0.25) is 0 Å². The molecule has 3 rings (SSSR count). The average Bonchev–Trinajstić information content (AvgIpc) is 2.35. The molecule has 0 saturated heterocycles. The smallest absolute Gasteiger partial charge is 0.0762 e. The van der Waals surface area contributed by atoms with E-state index in [0.29, 0.717) is 0 Å². The van der Waals surface area contributed by atoms with Crippen LogP contribution in [0.3, 0.4) is 0 Å². The van der Waals surface area contributed by atoms with Gasteiger partial charge in [-0.15, -0.1) is 0 Å². The SMILES string of the molecule is CC(O)c1ccc2cc3ccccc3cc2c1. The van der Waals surface area contributed by atoms with E-state index in [4.69, 9.17) is 0 Å². The van der Waals surface area contributed by atoms with Gasteiger partial charge < -0.3 is 5.11 Å². The van der Waals surface area contributed by atoms with E-state index in [1.54, 1.807) is 6.92 Å². The number of fused-ring (bicyclic) bond motifs is 2. The predicted molar refractivity (Wildman–Crippen MR) is 72.1 cm³/mol. The summed E-state index contributed by atoms with van der Waals surface area (Å²) in [7, 11) is 0. The third-order valence-electron chi connectivity index (χ3n) is 3.21. The zero-order valence-corrected chi connectivity index (χ0v) is 9.72. The molecule has 1 heteroatoms. The van der Waals surface area contributed by atoms with Crippen molar-refractivity contribution in [2.75, 3.05) is 0 Å². The van der Waals surface area contributed by atoms with Gasteiger partial charge in [0.15, 0.2) is 0 Å². The van der Waals surface area contributed by atoms with Crippen LogP contribution in [-0.4, -0.2) is 5.11 Å². The summed E-state index contributed by atoms with van der Waals surface area (Å²) in [5.41, 5.74) is 0.966. The molecule has 0 radical (unpaired) electrons. The monoisotopic (exact) mass is 222 g/mol. The Hall–Kier alpha value is -1.86. The van der Waals surface area contributed by atoms with Gasteiger partial charge in [-0.1, -0.05) is 36.4 Å². The normalized spacial score (nSPS) is 13.1. The van der Waals surface area contributed by atoms with Gasteiger partial charge in [0.2, 0.25) is 0 Å². The van der Waals surface area contributed by atoms with Gasteiger partial charge in [-0.05, 0) is 52.2 Å². The van der Waals surface area contributed by atoms with Crippen molar-refractivity contribution in [2.24, 2.45) is 0 Å². The van der Waals surface area contributed by atoms with Crippen LogP contribution >= 0.6 is 0 Å². The van der Waals surface area contributed by atoms with E-state index in [1.165, 1.54) is 21.5 Å². The van der Waals surface area contributed by atoms with Gasteiger partial charge in [0.1, 0.15) is 0 Å². The van der Waals surface area contributed by atoms with Crippen LogP contribution in [-0.2, 0) is 0 Å². The molecule has 0 fully saturated rings. The molecule has 0 aliphatic heterocycles. The minimum absolute atomic E-state index is 0.411.